The summed E-state index contributed by atoms with van der Waals surface area (Å²) in [6, 6.07) is 0. The minimum absolute atomic E-state index is 0.108. The number of nitrogens with zero attached hydrogens (tertiary/aromatic N) is 3. The molecule has 0 saturated heterocycles. The SMILES string of the molecule is CCc1nn(C)c2c1[nH]c(=S)n2CCCCC(F)(F)F. The standard InChI is InChI=1S/C12H17F3N4S/c1-3-8-9-10(18(2)17-8)19(11(20)16-9)7-5-4-6-12(13,14)15/h3-7H2,1-2H3,(H,16,20). The van der Waals surface area contributed by atoms with Crippen LogP contribution in [0.5, 0.6) is 0 Å². The van der Waals surface area contributed by atoms with E-state index < -0.39 is 12.6 Å². The van der Waals surface area contributed by atoms with E-state index in [0.29, 0.717) is 17.7 Å². The number of aryl methyl sites for hydroxylation is 3. The van der Waals surface area contributed by atoms with Gasteiger partial charge in [-0.05, 0) is 31.5 Å². The lowest BCUT2D eigenvalue weighted by molar-refractivity contribution is -0.135. The lowest BCUT2D eigenvalue weighted by atomic mass is 10.2. The van der Waals surface area contributed by atoms with Crippen LogP contribution in [0, 0.1) is 4.77 Å². The van der Waals surface area contributed by atoms with E-state index in [4.69, 9.17) is 12.2 Å². The van der Waals surface area contributed by atoms with E-state index >= 15 is 0 Å². The van der Waals surface area contributed by atoms with E-state index in [2.05, 4.69) is 10.1 Å². The van der Waals surface area contributed by atoms with Gasteiger partial charge in [0.2, 0.25) is 0 Å². The molecule has 0 bridgehead atoms. The molecule has 0 unspecified atom stereocenters. The van der Waals surface area contributed by atoms with Crippen LogP contribution in [0.4, 0.5) is 13.2 Å². The summed E-state index contributed by atoms with van der Waals surface area (Å²) in [6.45, 7) is 2.47. The van der Waals surface area contributed by atoms with E-state index in [1.807, 2.05) is 18.5 Å². The van der Waals surface area contributed by atoms with Gasteiger partial charge >= 0.3 is 6.18 Å². The summed E-state index contributed by atoms with van der Waals surface area (Å²) >= 11 is 5.24. The molecule has 0 atom stereocenters. The van der Waals surface area contributed by atoms with Crippen LogP contribution < -0.4 is 0 Å². The van der Waals surface area contributed by atoms with Gasteiger partial charge < -0.3 is 9.55 Å². The number of halogens is 3. The number of imidazole rings is 1. The summed E-state index contributed by atoms with van der Waals surface area (Å²) in [7, 11) is 1.82. The van der Waals surface area contributed by atoms with E-state index in [1.54, 1.807) is 4.68 Å². The number of H-pyrrole nitrogens is 1. The number of aromatic nitrogens is 4. The zero-order valence-corrected chi connectivity index (χ0v) is 12.2. The molecule has 112 valence electrons. The van der Waals surface area contributed by atoms with E-state index in [9.17, 15) is 13.2 Å². The lowest BCUT2D eigenvalue weighted by Gasteiger charge is -2.07. The highest BCUT2D eigenvalue weighted by molar-refractivity contribution is 7.71. The van der Waals surface area contributed by atoms with Crippen LogP contribution in [0.3, 0.4) is 0 Å². The molecular weight excluding hydrogens is 289 g/mol. The van der Waals surface area contributed by atoms with Gasteiger partial charge in [0.1, 0.15) is 5.52 Å². The van der Waals surface area contributed by atoms with Crippen molar-refractivity contribution >= 4 is 23.4 Å². The second kappa shape index (κ2) is 5.59. The van der Waals surface area contributed by atoms with Crippen molar-refractivity contribution < 1.29 is 13.2 Å². The first-order valence-corrected chi connectivity index (χ1v) is 6.95. The quantitative estimate of drug-likeness (QED) is 0.675. The van der Waals surface area contributed by atoms with Crippen molar-refractivity contribution in [2.24, 2.45) is 7.05 Å². The minimum atomic E-state index is -4.09. The summed E-state index contributed by atoms with van der Waals surface area (Å²) in [4.78, 5) is 3.10. The third-order valence-electron chi connectivity index (χ3n) is 3.25. The van der Waals surface area contributed by atoms with E-state index in [-0.39, 0.29) is 6.42 Å². The van der Waals surface area contributed by atoms with E-state index in [0.717, 1.165) is 23.3 Å². The normalized spacial score (nSPS) is 12.4. The molecule has 8 heteroatoms. The predicted octanol–water partition coefficient (Wildman–Crippen LogP) is 3.73. The number of unbranched alkanes of at least 4 members (excludes halogenated alkanes) is 1. The molecule has 0 saturated carbocycles. The molecule has 0 aromatic carbocycles. The van der Waals surface area contributed by atoms with Gasteiger partial charge in [-0.3, -0.25) is 4.68 Å². The maximum Gasteiger partial charge on any atom is 0.389 e. The van der Waals surface area contributed by atoms with Gasteiger partial charge in [0.05, 0.1) is 5.69 Å². The Bertz CT molecular complexity index is 650. The van der Waals surface area contributed by atoms with Crippen molar-refractivity contribution in [2.75, 3.05) is 0 Å². The molecule has 0 aliphatic carbocycles. The number of alkyl halides is 3. The molecule has 1 N–H and O–H groups in total. The molecule has 0 aliphatic heterocycles. The third-order valence-corrected chi connectivity index (χ3v) is 3.57. The van der Waals surface area contributed by atoms with Gasteiger partial charge in [0.25, 0.3) is 0 Å². The number of nitrogens with one attached hydrogen (secondary N) is 1. The predicted molar refractivity (Wildman–Crippen MR) is 73.2 cm³/mol. The highest BCUT2D eigenvalue weighted by Crippen LogP contribution is 2.23. The molecule has 2 heterocycles. The van der Waals surface area contributed by atoms with Crippen molar-refractivity contribution in [3.63, 3.8) is 0 Å². The number of fused-ring (bicyclic) bond motifs is 1. The fourth-order valence-electron chi connectivity index (χ4n) is 2.33. The molecule has 4 nitrogen and oxygen atoms in total. The smallest absolute Gasteiger partial charge is 0.328 e. The fourth-order valence-corrected chi connectivity index (χ4v) is 2.61. The molecule has 0 fully saturated rings. The highest BCUT2D eigenvalue weighted by atomic mass is 32.1. The summed E-state index contributed by atoms with van der Waals surface area (Å²) in [5, 5.41) is 4.38. The Balaban J connectivity index is 2.16. The van der Waals surface area contributed by atoms with Crippen LogP contribution in [0.15, 0.2) is 0 Å². The van der Waals surface area contributed by atoms with Crippen LogP contribution in [0.1, 0.15) is 31.9 Å². The molecule has 0 aliphatic rings. The van der Waals surface area contributed by atoms with Crippen LogP contribution in [0.25, 0.3) is 11.2 Å². The molecule has 0 spiro atoms. The Hall–Kier alpha value is -1.31. The number of hydrogen-bond acceptors (Lipinski definition) is 2. The monoisotopic (exact) mass is 306 g/mol. The van der Waals surface area contributed by atoms with Gasteiger partial charge in [0, 0.05) is 20.0 Å². The van der Waals surface area contributed by atoms with Crippen LogP contribution in [-0.4, -0.2) is 25.5 Å². The molecule has 2 rings (SSSR count). The lowest BCUT2D eigenvalue weighted by Crippen LogP contribution is -2.08. The van der Waals surface area contributed by atoms with E-state index in [1.165, 1.54) is 0 Å². The first kappa shape index (κ1) is 15.1. The first-order chi connectivity index (χ1) is 9.33. The minimum Gasteiger partial charge on any atom is -0.328 e. The van der Waals surface area contributed by atoms with Crippen molar-refractivity contribution in [3.05, 3.63) is 10.5 Å². The average molecular weight is 306 g/mol. The molecular formula is C12H17F3N4S. The topological polar surface area (TPSA) is 38.5 Å². The molecule has 2 aromatic rings. The van der Waals surface area contributed by atoms with Crippen LogP contribution in [-0.2, 0) is 20.0 Å². The molecule has 2 aromatic heterocycles. The van der Waals surface area contributed by atoms with Gasteiger partial charge in [-0.2, -0.15) is 18.3 Å². The summed E-state index contributed by atoms with van der Waals surface area (Å²) in [6.07, 6.45) is -3.51. The maximum atomic E-state index is 12.1. The average Bonchev–Trinajstić information content (AvgIpc) is 2.82. The Labute approximate surface area is 119 Å². The second-order valence-corrected chi connectivity index (χ2v) is 5.16. The summed E-state index contributed by atoms with van der Waals surface area (Å²) in [5.74, 6) is 0. The maximum absolute atomic E-state index is 12.1. The summed E-state index contributed by atoms with van der Waals surface area (Å²) < 4.78 is 40.4. The van der Waals surface area contributed by atoms with Gasteiger partial charge in [0.15, 0.2) is 10.4 Å². The first-order valence-electron chi connectivity index (χ1n) is 6.54. The van der Waals surface area contributed by atoms with Gasteiger partial charge in [-0.1, -0.05) is 6.92 Å². The third kappa shape index (κ3) is 3.05. The number of rotatable bonds is 5. The zero-order valence-electron chi connectivity index (χ0n) is 11.4. The Morgan fingerprint density at radius 3 is 2.60 bits per heavy atom. The van der Waals surface area contributed by atoms with Crippen molar-refractivity contribution in [1.82, 2.24) is 19.3 Å². The van der Waals surface area contributed by atoms with Crippen molar-refractivity contribution in [2.45, 2.75) is 45.3 Å². The van der Waals surface area contributed by atoms with Gasteiger partial charge in [-0.25, -0.2) is 0 Å². The highest BCUT2D eigenvalue weighted by Gasteiger charge is 2.26. The van der Waals surface area contributed by atoms with Crippen LogP contribution in [0.2, 0.25) is 0 Å². The Kier molecular flexibility index (Phi) is 4.22. The Morgan fingerprint density at radius 2 is 2.00 bits per heavy atom. The summed E-state index contributed by atoms with van der Waals surface area (Å²) in [5.41, 5.74) is 2.65. The zero-order chi connectivity index (χ0) is 14.9. The number of hydrogen-bond donors (Lipinski definition) is 1. The Morgan fingerprint density at radius 1 is 1.30 bits per heavy atom. The van der Waals surface area contributed by atoms with Gasteiger partial charge in [-0.15, -0.1) is 0 Å². The molecule has 20 heavy (non-hydrogen) atoms. The molecule has 0 radical (unpaired) electrons. The second-order valence-electron chi connectivity index (χ2n) is 4.78. The van der Waals surface area contributed by atoms with Crippen molar-refractivity contribution in [3.8, 4) is 0 Å². The van der Waals surface area contributed by atoms with Crippen molar-refractivity contribution in [1.29, 1.82) is 0 Å². The largest absolute Gasteiger partial charge is 0.389 e. The number of aromatic amines is 1. The van der Waals surface area contributed by atoms with Crippen LogP contribution >= 0.6 is 12.2 Å². The fraction of sp³-hybridized carbons (Fsp3) is 0.667. The molecule has 0 amide bonds.